The minimum absolute atomic E-state index is 0.114. The molecule has 0 amide bonds. The SMILES string of the molecule is CC(C)(CCCCSc1cc(F)c(CNCCCO[P+](=O)O)cc1F)c1ccccc1F. The van der Waals surface area contributed by atoms with E-state index in [1.807, 2.05) is 26.0 Å². The second-order valence-electron chi connectivity index (χ2n) is 8.14. The fourth-order valence-electron chi connectivity index (χ4n) is 3.37. The minimum atomic E-state index is -2.61. The molecule has 0 aliphatic rings. The third kappa shape index (κ3) is 8.83. The molecular formula is C23H30F3NO3PS+. The largest absolute Gasteiger partial charge is 0.694 e. The maximum atomic E-state index is 14.4. The van der Waals surface area contributed by atoms with Crippen LogP contribution >= 0.6 is 20.0 Å². The van der Waals surface area contributed by atoms with Crippen LogP contribution in [0.2, 0.25) is 0 Å². The molecule has 0 saturated carbocycles. The van der Waals surface area contributed by atoms with Crippen molar-refractivity contribution < 1.29 is 27.2 Å². The lowest BCUT2D eigenvalue weighted by Gasteiger charge is -2.25. The first kappa shape index (κ1) is 26.8. The monoisotopic (exact) mass is 488 g/mol. The molecule has 0 aliphatic carbocycles. The normalized spacial score (nSPS) is 12.2. The van der Waals surface area contributed by atoms with E-state index in [9.17, 15) is 17.7 Å². The fourth-order valence-corrected chi connectivity index (χ4v) is 4.61. The van der Waals surface area contributed by atoms with Gasteiger partial charge in [0.25, 0.3) is 0 Å². The Hall–Kier alpha value is -1.44. The number of rotatable bonds is 14. The van der Waals surface area contributed by atoms with Crippen LogP contribution in [-0.2, 0) is 21.0 Å². The van der Waals surface area contributed by atoms with Gasteiger partial charge in [-0.25, -0.2) is 13.2 Å². The molecule has 32 heavy (non-hydrogen) atoms. The Morgan fingerprint density at radius 1 is 1.06 bits per heavy atom. The van der Waals surface area contributed by atoms with Crippen LogP contribution < -0.4 is 5.32 Å². The van der Waals surface area contributed by atoms with Gasteiger partial charge in [0.15, 0.2) is 0 Å². The van der Waals surface area contributed by atoms with Crippen LogP contribution in [0.4, 0.5) is 13.2 Å². The van der Waals surface area contributed by atoms with Crippen LogP contribution in [0.1, 0.15) is 50.7 Å². The Morgan fingerprint density at radius 2 is 1.81 bits per heavy atom. The molecule has 0 radical (unpaired) electrons. The van der Waals surface area contributed by atoms with Gasteiger partial charge in [0.05, 0.1) is 0 Å². The summed E-state index contributed by atoms with van der Waals surface area (Å²) in [5, 5.41) is 2.96. The lowest BCUT2D eigenvalue weighted by atomic mass is 9.80. The van der Waals surface area contributed by atoms with Gasteiger partial charge >= 0.3 is 8.25 Å². The van der Waals surface area contributed by atoms with Crippen LogP contribution in [0, 0.1) is 17.5 Å². The quantitative estimate of drug-likeness (QED) is 0.181. The number of hydrogen-bond donors (Lipinski definition) is 2. The van der Waals surface area contributed by atoms with Gasteiger partial charge in [-0.2, -0.15) is 0 Å². The van der Waals surface area contributed by atoms with Crippen molar-refractivity contribution in [2.75, 3.05) is 18.9 Å². The van der Waals surface area contributed by atoms with Crippen molar-refractivity contribution in [1.29, 1.82) is 0 Å². The van der Waals surface area contributed by atoms with E-state index in [2.05, 4.69) is 9.84 Å². The molecule has 2 rings (SSSR count). The van der Waals surface area contributed by atoms with E-state index in [1.54, 1.807) is 6.07 Å². The molecule has 1 unspecified atom stereocenters. The van der Waals surface area contributed by atoms with E-state index in [1.165, 1.54) is 30.0 Å². The van der Waals surface area contributed by atoms with E-state index in [0.29, 0.717) is 24.3 Å². The van der Waals surface area contributed by atoms with Gasteiger partial charge in [0.1, 0.15) is 24.1 Å². The second-order valence-corrected chi connectivity index (χ2v) is 10.0. The summed E-state index contributed by atoms with van der Waals surface area (Å²) in [6, 6.07) is 9.22. The lowest BCUT2D eigenvalue weighted by molar-refractivity contribution is 0.276. The highest BCUT2D eigenvalue weighted by Crippen LogP contribution is 2.32. The predicted molar refractivity (Wildman–Crippen MR) is 122 cm³/mol. The summed E-state index contributed by atoms with van der Waals surface area (Å²) in [7, 11) is -2.61. The van der Waals surface area contributed by atoms with Gasteiger partial charge in [-0.3, -0.25) is 0 Å². The zero-order valence-corrected chi connectivity index (χ0v) is 20.1. The van der Waals surface area contributed by atoms with Crippen molar-refractivity contribution in [3.8, 4) is 0 Å². The lowest BCUT2D eigenvalue weighted by Crippen LogP contribution is -2.18. The number of hydrogen-bond acceptors (Lipinski definition) is 4. The summed E-state index contributed by atoms with van der Waals surface area (Å²) >= 11 is 1.28. The van der Waals surface area contributed by atoms with Crippen molar-refractivity contribution in [1.82, 2.24) is 5.32 Å². The maximum absolute atomic E-state index is 14.4. The summed E-state index contributed by atoms with van der Waals surface area (Å²) in [4.78, 5) is 8.80. The van der Waals surface area contributed by atoms with Crippen molar-refractivity contribution >= 4 is 20.0 Å². The van der Waals surface area contributed by atoms with E-state index < -0.39 is 19.9 Å². The molecule has 0 aromatic heterocycles. The average Bonchev–Trinajstić information content (AvgIpc) is 2.73. The molecule has 4 nitrogen and oxygen atoms in total. The van der Waals surface area contributed by atoms with Crippen LogP contribution in [0.15, 0.2) is 41.3 Å². The molecule has 0 saturated heterocycles. The molecule has 2 N–H and O–H groups in total. The first-order valence-electron chi connectivity index (χ1n) is 10.6. The Labute approximate surface area is 192 Å². The summed E-state index contributed by atoms with van der Waals surface area (Å²) in [5.74, 6) is -0.486. The summed E-state index contributed by atoms with van der Waals surface area (Å²) in [5.41, 5.74) is 0.637. The Balaban J connectivity index is 1.75. The van der Waals surface area contributed by atoms with Gasteiger partial charge < -0.3 is 5.32 Å². The average molecular weight is 489 g/mol. The smallest absolute Gasteiger partial charge is 0.312 e. The van der Waals surface area contributed by atoms with Crippen LogP contribution in [0.25, 0.3) is 0 Å². The van der Waals surface area contributed by atoms with Gasteiger partial charge in [0.2, 0.25) is 0 Å². The molecule has 1 atom stereocenters. The van der Waals surface area contributed by atoms with Gasteiger partial charge in [-0.15, -0.1) is 21.2 Å². The Morgan fingerprint density at radius 3 is 2.53 bits per heavy atom. The first-order valence-corrected chi connectivity index (χ1v) is 12.7. The highest BCUT2D eigenvalue weighted by atomic mass is 32.2. The van der Waals surface area contributed by atoms with E-state index in [-0.39, 0.29) is 34.8 Å². The van der Waals surface area contributed by atoms with Gasteiger partial charge in [-0.05, 0) is 60.7 Å². The summed E-state index contributed by atoms with van der Waals surface area (Å²) in [6.45, 7) is 4.75. The van der Waals surface area contributed by atoms with Crippen molar-refractivity contribution in [2.45, 2.75) is 56.4 Å². The zero-order valence-electron chi connectivity index (χ0n) is 18.4. The van der Waals surface area contributed by atoms with Crippen LogP contribution in [0.5, 0.6) is 0 Å². The van der Waals surface area contributed by atoms with E-state index >= 15 is 0 Å². The molecule has 0 aliphatic heterocycles. The minimum Gasteiger partial charge on any atom is -0.312 e. The fraction of sp³-hybridized carbons (Fsp3) is 0.478. The topological polar surface area (TPSA) is 58.6 Å². The van der Waals surface area contributed by atoms with Gasteiger partial charge in [-0.1, -0.05) is 38.5 Å². The number of benzene rings is 2. The van der Waals surface area contributed by atoms with Crippen molar-refractivity contribution in [3.63, 3.8) is 0 Å². The third-order valence-corrected chi connectivity index (χ3v) is 6.69. The Bertz CT molecular complexity index is 899. The number of halogens is 3. The number of nitrogens with one attached hydrogen (secondary N) is 1. The Kier molecular flexibility index (Phi) is 11.2. The molecule has 0 heterocycles. The van der Waals surface area contributed by atoms with E-state index in [0.717, 1.165) is 19.3 Å². The summed E-state index contributed by atoms with van der Waals surface area (Å²) in [6.07, 6.45) is 2.95. The molecular weight excluding hydrogens is 458 g/mol. The molecule has 0 bridgehead atoms. The highest BCUT2D eigenvalue weighted by Gasteiger charge is 2.23. The molecule has 0 fully saturated rings. The molecule has 9 heteroatoms. The zero-order chi connectivity index (χ0) is 23.6. The highest BCUT2D eigenvalue weighted by molar-refractivity contribution is 7.99. The number of thioether (sulfide) groups is 1. The third-order valence-electron chi connectivity index (χ3n) is 5.17. The standard InChI is InChI=1S/C23H29F3NO3PS/c1-23(2,18-8-3-4-9-19(18)24)10-5-6-13-32-22-15-20(25)17(14-21(22)26)16-27-11-7-12-30-31(28)29/h3-4,8-9,14-15,27H,5-7,10-13,16H2,1-2H3/p+1. The second kappa shape index (κ2) is 13.3. The van der Waals surface area contributed by atoms with Crippen LogP contribution in [-0.4, -0.2) is 23.8 Å². The first-order chi connectivity index (χ1) is 15.2. The predicted octanol–water partition coefficient (Wildman–Crippen LogP) is 6.49. The molecule has 2 aromatic carbocycles. The van der Waals surface area contributed by atoms with Crippen molar-refractivity contribution in [3.05, 3.63) is 65.0 Å². The van der Waals surface area contributed by atoms with Crippen molar-refractivity contribution in [2.24, 2.45) is 0 Å². The molecule has 0 spiro atoms. The van der Waals surface area contributed by atoms with Crippen LogP contribution in [0.3, 0.4) is 0 Å². The molecule has 176 valence electrons. The molecule has 2 aromatic rings. The van der Waals surface area contributed by atoms with E-state index in [4.69, 9.17) is 4.89 Å². The summed E-state index contributed by atoms with van der Waals surface area (Å²) < 4.78 is 57.7. The number of unbranched alkanes of at least 4 members (excludes halogenated alkanes) is 1. The van der Waals surface area contributed by atoms with Gasteiger partial charge in [0, 0.05) is 21.6 Å². The maximum Gasteiger partial charge on any atom is 0.694 e.